The van der Waals surface area contributed by atoms with Gasteiger partial charge in [0.15, 0.2) is 11.9 Å². The van der Waals surface area contributed by atoms with Crippen LogP contribution in [0.3, 0.4) is 0 Å². The summed E-state index contributed by atoms with van der Waals surface area (Å²) in [6.07, 6.45) is 2.27. The van der Waals surface area contributed by atoms with Crippen molar-refractivity contribution in [2.75, 3.05) is 10.5 Å². The van der Waals surface area contributed by atoms with E-state index in [4.69, 9.17) is 4.74 Å². The topological polar surface area (TPSA) is 110 Å². The lowest BCUT2D eigenvalue weighted by molar-refractivity contribution is -0.158. The van der Waals surface area contributed by atoms with E-state index in [0.29, 0.717) is 30.5 Å². The number of nitrogens with one attached hydrogen (secondary N) is 1. The lowest BCUT2D eigenvalue weighted by Crippen LogP contribution is -2.42. The van der Waals surface area contributed by atoms with Gasteiger partial charge in [0, 0.05) is 17.5 Å². The Morgan fingerprint density at radius 2 is 1.78 bits per heavy atom. The van der Waals surface area contributed by atoms with E-state index in [1.165, 1.54) is 0 Å². The highest BCUT2D eigenvalue weighted by Crippen LogP contribution is 2.49. The predicted octanol–water partition coefficient (Wildman–Crippen LogP) is 4.91. The Balaban J connectivity index is 1.63. The molecule has 0 radical (unpaired) electrons. The number of hydrogen-bond acceptors (Lipinski definition) is 6. The maximum atomic E-state index is 13.3. The molecule has 0 bridgehead atoms. The van der Waals surface area contributed by atoms with E-state index in [1.807, 2.05) is 37.3 Å². The molecule has 4 rings (SSSR count). The number of Topliss-reactive ketones (excluding diaryl/α,β-unsaturated/α-hetero) is 1. The number of hydrogen-bond donors (Lipinski definition) is 2. The maximum absolute atomic E-state index is 13.3. The highest BCUT2D eigenvalue weighted by Gasteiger charge is 2.47. The van der Waals surface area contributed by atoms with Crippen LogP contribution in [0.4, 0.5) is 5.69 Å². The number of ketones is 1. The Kier molecular flexibility index (Phi) is 7.83. The molecule has 1 fully saturated rings. The number of carbonyl (C=O) groups is 2. The molecule has 2 N–H and O–H groups in total. The van der Waals surface area contributed by atoms with Gasteiger partial charge >= 0.3 is 5.97 Å². The molecule has 3 atom stereocenters. The highest BCUT2D eigenvalue weighted by atomic mass is 32.2. The Morgan fingerprint density at radius 1 is 1.06 bits per heavy atom. The second-order valence-corrected chi connectivity index (χ2v) is 11.5. The number of benzene rings is 2. The molecular formula is C28H33NO6S. The molecule has 1 aliphatic carbocycles. The van der Waals surface area contributed by atoms with Gasteiger partial charge in [-0.2, -0.15) is 0 Å². The number of aliphatic hydroxyl groups is 1. The summed E-state index contributed by atoms with van der Waals surface area (Å²) in [5.41, 5.74) is 2.05. The van der Waals surface area contributed by atoms with Crippen LogP contribution in [0.1, 0.15) is 56.6 Å². The molecule has 1 aliphatic heterocycles. The van der Waals surface area contributed by atoms with E-state index < -0.39 is 39.6 Å². The lowest BCUT2D eigenvalue weighted by atomic mass is 9.81. The van der Waals surface area contributed by atoms with Crippen LogP contribution >= 0.6 is 0 Å². The fourth-order valence-electron chi connectivity index (χ4n) is 4.96. The summed E-state index contributed by atoms with van der Waals surface area (Å²) in [4.78, 5) is 26.6. The molecule has 192 valence electrons. The zero-order valence-corrected chi connectivity index (χ0v) is 21.5. The minimum absolute atomic E-state index is 0.000977. The second kappa shape index (κ2) is 10.9. The molecule has 1 saturated carbocycles. The summed E-state index contributed by atoms with van der Waals surface area (Å²) in [5.74, 6) is -2.53. The minimum Gasteiger partial charge on any atom is -0.504 e. The number of ether oxygens (including phenoxy) is 1. The third-order valence-electron chi connectivity index (χ3n) is 6.89. The Bertz CT molecular complexity index is 1250. The molecule has 0 saturated heterocycles. The van der Waals surface area contributed by atoms with Crippen LogP contribution in [0, 0.1) is 11.8 Å². The number of carbonyl (C=O) groups excluding carboxylic acids is 2. The first-order chi connectivity index (χ1) is 17.2. The molecule has 0 amide bonds. The van der Waals surface area contributed by atoms with Gasteiger partial charge < -0.3 is 9.84 Å². The lowest BCUT2D eigenvalue weighted by Gasteiger charge is -2.31. The third kappa shape index (κ3) is 5.81. The van der Waals surface area contributed by atoms with Crippen molar-refractivity contribution in [1.29, 1.82) is 0 Å². The quantitative estimate of drug-likeness (QED) is 0.415. The second-order valence-electron chi connectivity index (χ2n) is 9.67. The van der Waals surface area contributed by atoms with E-state index in [-0.39, 0.29) is 23.2 Å². The van der Waals surface area contributed by atoms with Gasteiger partial charge in [-0.15, -0.1) is 0 Å². The van der Waals surface area contributed by atoms with Crippen molar-refractivity contribution in [3.8, 4) is 0 Å². The Hall–Kier alpha value is -3.13. The van der Waals surface area contributed by atoms with Crippen molar-refractivity contribution in [2.24, 2.45) is 11.8 Å². The van der Waals surface area contributed by atoms with E-state index in [2.05, 4.69) is 4.72 Å². The SMILES string of the molecule is CCCS(=O)(=O)Nc1cccc(C(C2=C(O)C(=O)C(C(CC)Cc3ccccc3)OC2=O)C2CC2)c1. The standard InChI is InChI=1S/C28H33NO6S/c1-3-15-36(33,34)29-22-12-8-11-21(17-22)23(20-13-14-20)24-25(30)26(31)27(35-28(24)32)19(4-2)16-18-9-6-5-7-10-18/h5-12,17,19-20,23,27,29-30H,3-4,13-16H2,1-2H3. The average molecular weight is 512 g/mol. The number of rotatable bonds is 11. The van der Waals surface area contributed by atoms with Gasteiger partial charge in [0.1, 0.15) is 0 Å². The normalized spacial score (nSPS) is 20.1. The molecule has 36 heavy (non-hydrogen) atoms. The first kappa shape index (κ1) is 25.9. The van der Waals surface area contributed by atoms with Crippen LogP contribution in [0.2, 0.25) is 0 Å². The monoisotopic (exact) mass is 511 g/mol. The Labute approximate surface area is 212 Å². The molecule has 1 heterocycles. The summed E-state index contributed by atoms with van der Waals surface area (Å²) >= 11 is 0. The van der Waals surface area contributed by atoms with Crippen LogP contribution in [0.5, 0.6) is 0 Å². The van der Waals surface area contributed by atoms with Crippen molar-refractivity contribution >= 4 is 27.5 Å². The Morgan fingerprint density at radius 3 is 2.42 bits per heavy atom. The predicted molar refractivity (Wildman–Crippen MR) is 138 cm³/mol. The van der Waals surface area contributed by atoms with Gasteiger partial charge in [0.05, 0.1) is 11.3 Å². The zero-order valence-electron chi connectivity index (χ0n) is 20.6. The summed E-state index contributed by atoms with van der Waals surface area (Å²) in [6, 6.07) is 16.5. The number of cyclic esters (lactones) is 1. The number of anilines is 1. The average Bonchev–Trinajstić information content (AvgIpc) is 3.68. The van der Waals surface area contributed by atoms with Crippen LogP contribution < -0.4 is 4.72 Å². The number of esters is 1. The third-order valence-corrected chi connectivity index (χ3v) is 8.38. The molecule has 0 aromatic heterocycles. The minimum atomic E-state index is -3.49. The molecular weight excluding hydrogens is 478 g/mol. The summed E-state index contributed by atoms with van der Waals surface area (Å²) in [6.45, 7) is 3.72. The smallest absolute Gasteiger partial charge is 0.339 e. The van der Waals surface area contributed by atoms with E-state index in [0.717, 1.165) is 18.4 Å². The summed E-state index contributed by atoms with van der Waals surface area (Å²) < 4.78 is 32.8. The number of sulfonamides is 1. The van der Waals surface area contributed by atoms with Gasteiger partial charge in [-0.25, -0.2) is 13.2 Å². The summed E-state index contributed by atoms with van der Waals surface area (Å²) in [7, 11) is -3.49. The van der Waals surface area contributed by atoms with Gasteiger partial charge in [0.2, 0.25) is 15.8 Å². The van der Waals surface area contributed by atoms with Crippen LogP contribution in [0.15, 0.2) is 65.9 Å². The van der Waals surface area contributed by atoms with Crippen LogP contribution in [-0.4, -0.2) is 37.1 Å². The van der Waals surface area contributed by atoms with Gasteiger partial charge in [0.25, 0.3) is 0 Å². The molecule has 2 aliphatic rings. The highest BCUT2D eigenvalue weighted by molar-refractivity contribution is 7.92. The van der Waals surface area contributed by atoms with Gasteiger partial charge in [-0.1, -0.05) is 56.3 Å². The van der Waals surface area contributed by atoms with Crippen LogP contribution in [-0.2, 0) is 30.8 Å². The van der Waals surface area contributed by atoms with E-state index in [9.17, 15) is 23.1 Å². The maximum Gasteiger partial charge on any atom is 0.339 e. The van der Waals surface area contributed by atoms with Crippen LogP contribution in [0.25, 0.3) is 0 Å². The number of aliphatic hydroxyl groups excluding tert-OH is 1. The molecule has 2 aromatic carbocycles. The van der Waals surface area contributed by atoms with E-state index in [1.54, 1.807) is 31.2 Å². The van der Waals surface area contributed by atoms with Gasteiger partial charge in [-0.3, -0.25) is 9.52 Å². The van der Waals surface area contributed by atoms with Crippen molar-refractivity contribution in [3.63, 3.8) is 0 Å². The fraction of sp³-hybridized carbons (Fsp3) is 0.429. The molecule has 8 heteroatoms. The molecule has 0 spiro atoms. The van der Waals surface area contributed by atoms with E-state index >= 15 is 0 Å². The molecule has 7 nitrogen and oxygen atoms in total. The largest absolute Gasteiger partial charge is 0.504 e. The van der Waals surface area contributed by atoms with Crippen molar-refractivity contribution in [3.05, 3.63) is 77.1 Å². The first-order valence-electron chi connectivity index (χ1n) is 12.6. The first-order valence-corrected chi connectivity index (χ1v) is 14.2. The molecule has 3 unspecified atom stereocenters. The van der Waals surface area contributed by atoms with Crippen molar-refractivity contribution in [1.82, 2.24) is 0 Å². The summed E-state index contributed by atoms with van der Waals surface area (Å²) in [5, 5.41) is 11.0. The van der Waals surface area contributed by atoms with Crippen molar-refractivity contribution in [2.45, 2.75) is 58.0 Å². The fourth-order valence-corrected chi connectivity index (χ4v) is 6.09. The zero-order chi connectivity index (χ0) is 25.9. The molecule has 2 aromatic rings. The van der Waals surface area contributed by atoms with Gasteiger partial charge in [-0.05, 0) is 61.3 Å². The van der Waals surface area contributed by atoms with Crippen molar-refractivity contribution < 1.29 is 27.9 Å².